The highest BCUT2D eigenvalue weighted by Crippen LogP contribution is 2.22. The van der Waals surface area contributed by atoms with Crippen LogP contribution in [0.1, 0.15) is 15.9 Å². The van der Waals surface area contributed by atoms with Crippen LogP contribution in [0.15, 0.2) is 41.0 Å². The number of hydrogen-bond acceptors (Lipinski definition) is 3. The lowest BCUT2D eigenvalue weighted by Crippen LogP contribution is -2.20. The number of pyridine rings is 1. The van der Waals surface area contributed by atoms with Crippen molar-refractivity contribution in [3.63, 3.8) is 0 Å². The number of hydrogen-bond donors (Lipinski definition) is 1. The maximum atomic E-state index is 11.3. The van der Waals surface area contributed by atoms with E-state index < -0.39 is 5.97 Å². The first-order valence-electron chi connectivity index (χ1n) is 5.82. The fourth-order valence-corrected chi connectivity index (χ4v) is 2.42. The first-order chi connectivity index (χ1) is 9.47. The van der Waals surface area contributed by atoms with E-state index in [2.05, 4.69) is 20.9 Å². The van der Waals surface area contributed by atoms with Gasteiger partial charge in [-0.25, -0.2) is 9.78 Å². The molecule has 0 aliphatic carbocycles. The van der Waals surface area contributed by atoms with Crippen LogP contribution < -0.4 is 4.90 Å². The summed E-state index contributed by atoms with van der Waals surface area (Å²) in [5.41, 5.74) is 1.14. The molecule has 0 amide bonds. The lowest BCUT2D eigenvalue weighted by Gasteiger charge is -2.20. The molecule has 0 bridgehead atoms. The van der Waals surface area contributed by atoms with E-state index >= 15 is 0 Å². The van der Waals surface area contributed by atoms with Crippen LogP contribution in [-0.2, 0) is 6.54 Å². The summed E-state index contributed by atoms with van der Waals surface area (Å²) in [5.74, 6) is -0.590. The lowest BCUT2D eigenvalue weighted by molar-refractivity contribution is 0.0697. The van der Waals surface area contributed by atoms with Gasteiger partial charge in [-0.05, 0) is 39.7 Å². The largest absolute Gasteiger partial charge is 0.478 e. The number of halogens is 2. The van der Waals surface area contributed by atoms with E-state index in [-0.39, 0.29) is 5.56 Å². The van der Waals surface area contributed by atoms with E-state index in [1.54, 1.807) is 30.3 Å². The van der Waals surface area contributed by atoms with Crippen LogP contribution in [0.5, 0.6) is 0 Å². The topological polar surface area (TPSA) is 53.4 Å². The summed E-state index contributed by atoms with van der Waals surface area (Å²) in [6, 6.07) is 8.97. The minimum absolute atomic E-state index is 0.156. The molecule has 4 nitrogen and oxygen atoms in total. The second-order valence-corrected chi connectivity index (χ2v) is 5.67. The van der Waals surface area contributed by atoms with Crippen LogP contribution in [0.4, 0.5) is 5.82 Å². The average Bonchev–Trinajstić information content (AvgIpc) is 2.38. The number of carbonyl (C=O) groups is 1. The van der Waals surface area contributed by atoms with Crippen LogP contribution in [-0.4, -0.2) is 23.1 Å². The van der Waals surface area contributed by atoms with Gasteiger partial charge >= 0.3 is 5.97 Å². The smallest absolute Gasteiger partial charge is 0.339 e. The number of nitrogens with zero attached hydrogens (tertiary/aromatic N) is 2. The van der Waals surface area contributed by atoms with Crippen LogP contribution in [0, 0.1) is 0 Å². The third-order valence-electron chi connectivity index (χ3n) is 2.73. The van der Waals surface area contributed by atoms with Crippen molar-refractivity contribution in [3.8, 4) is 0 Å². The van der Waals surface area contributed by atoms with Gasteiger partial charge in [0, 0.05) is 29.3 Å². The molecular formula is C14H12BrClN2O2. The van der Waals surface area contributed by atoms with Crippen molar-refractivity contribution in [2.45, 2.75) is 6.54 Å². The summed E-state index contributed by atoms with van der Waals surface area (Å²) in [7, 11) is 1.80. The summed E-state index contributed by atoms with van der Waals surface area (Å²) in [4.78, 5) is 17.2. The predicted molar refractivity (Wildman–Crippen MR) is 82.5 cm³/mol. The van der Waals surface area contributed by atoms with E-state index in [4.69, 9.17) is 11.6 Å². The SMILES string of the molecule is CN(Cc1cccc(Cl)c1)c1ncc(Br)cc1C(=O)O. The minimum Gasteiger partial charge on any atom is -0.478 e. The van der Waals surface area contributed by atoms with Gasteiger partial charge in [-0.2, -0.15) is 0 Å². The highest BCUT2D eigenvalue weighted by molar-refractivity contribution is 9.10. The van der Waals surface area contributed by atoms with Gasteiger partial charge in [0.2, 0.25) is 0 Å². The van der Waals surface area contributed by atoms with Crippen molar-refractivity contribution >= 4 is 39.3 Å². The molecule has 0 fully saturated rings. The first kappa shape index (κ1) is 14.8. The van der Waals surface area contributed by atoms with Gasteiger partial charge in [0.25, 0.3) is 0 Å². The van der Waals surface area contributed by atoms with E-state index in [1.807, 2.05) is 18.2 Å². The molecule has 20 heavy (non-hydrogen) atoms. The maximum Gasteiger partial charge on any atom is 0.339 e. The van der Waals surface area contributed by atoms with Crippen LogP contribution in [0.3, 0.4) is 0 Å². The van der Waals surface area contributed by atoms with Crippen molar-refractivity contribution in [3.05, 3.63) is 57.2 Å². The van der Waals surface area contributed by atoms with Gasteiger partial charge < -0.3 is 10.0 Å². The molecule has 2 rings (SSSR count). The quantitative estimate of drug-likeness (QED) is 0.905. The lowest BCUT2D eigenvalue weighted by atomic mass is 10.2. The molecule has 0 spiro atoms. The van der Waals surface area contributed by atoms with Crippen molar-refractivity contribution < 1.29 is 9.90 Å². The third-order valence-corrected chi connectivity index (χ3v) is 3.40. The van der Waals surface area contributed by atoms with Gasteiger partial charge in [0.05, 0.1) is 0 Å². The molecule has 104 valence electrons. The van der Waals surface area contributed by atoms with Gasteiger partial charge in [0.1, 0.15) is 11.4 Å². The number of carboxylic acids is 1. The number of aromatic nitrogens is 1. The van der Waals surface area contributed by atoms with Crippen LogP contribution >= 0.6 is 27.5 Å². The average molecular weight is 356 g/mol. The highest BCUT2D eigenvalue weighted by Gasteiger charge is 2.16. The van der Waals surface area contributed by atoms with E-state index in [0.29, 0.717) is 21.9 Å². The zero-order valence-corrected chi connectivity index (χ0v) is 13.0. The number of benzene rings is 1. The molecular weight excluding hydrogens is 344 g/mol. The number of carboxylic acid groups (broad SMARTS) is 1. The standard InChI is InChI=1S/C14H12BrClN2O2/c1-18(8-9-3-2-4-11(16)5-9)13-12(14(19)20)6-10(15)7-17-13/h2-7H,8H2,1H3,(H,19,20). The summed E-state index contributed by atoms with van der Waals surface area (Å²) < 4.78 is 0.634. The molecule has 1 heterocycles. The molecule has 0 atom stereocenters. The molecule has 0 saturated heterocycles. The number of rotatable bonds is 4. The van der Waals surface area contributed by atoms with Crippen molar-refractivity contribution in [1.82, 2.24) is 4.98 Å². The fraction of sp³-hybridized carbons (Fsp3) is 0.143. The Morgan fingerprint density at radius 1 is 1.45 bits per heavy atom. The number of aromatic carboxylic acids is 1. The molecule has 1 N–H and O–H groups in total. The van der Waals surface area contributed by atoms with Crippen LogP contribution in [0.25, 0.3) is 0 Å². The Balaban J connectivity index is 2.29. The van der Waals surface area contributed by atoms with Crippen molar-refractivity contribution in [2.24, 2.45) is 0 Å². The predicted octanol–water partition coefficient (Wildman–Crippen LogP) is 3.83. The molecule has 1 aromatic heterocycles. The fourth-order valence-electron chi connectivity index (χ4n) is 1.88. The number of anilines is 1. The summed E-state index contributed by atoms with van der Waals surface area (Å²) in [6.45, 7) is 0.523. The Kier molecular flexibility index (Phi) is 4.62. The molecule has 0 aliphatic heterocycles. The monoisotopic (exact) mass is 354 g/mol. The van der Waals surface area contributed by atoms with Gasteiger partial charge in [0.15, 0.2) is 0 Å². The van der Waals surface area contributed by atoms with E-state index in [9.17, 15) is 9.90 Å². The molecule has 0 aliphatic rings. The Bertz CT molecular complexity index is 649. The van der Waals surface area contributed by atoms with Gasteiger partial charge in [-0.1, -0.05) is 23.7 Å². The van der Waals surface area contributed by atoms with Gasteiger partial charge in [-0.3, -0.25) is 0 Å². The maximum absolute atomic E-state index is 11.3. The Morgan fingerprint density at radius 3 is 2.85 bits per heavy atom. The molecule has 0 unspecified atom stereocenters. The molecule has 2 aromatic rings. The Morgan fingerprint density at radius 2 is 2.20 bits per heavy atom. The molecule has 0 radical (unpaired) electrons. The second-order valence-electron chi connectivity index (χ2n) is 4.32. The second kappa shape index (κ2) is 6.24. The Hall–Kier alpha value is -1.59. The zero-order chi connectivity index (χ0) is 14.7. The van der Waals surface area contributed by atoms with E-state index in [0.717, 1.165) is 5.56 Å². The summed E-state index contributed by atoms with van der Waals surface area (Å²) in [6.07, 6.45) is 1.58. The molecule has 6 heteroatoms. The zero-order valence-electron chi connectivity index (χ0n) is 10.7. The summed E-state index contributed by atoms with van der Waals surface area (Å²) >= 11 is 9.17. The first-order valence-corrected chi connectivity index (χ1v) is 6.99. The summed E-state index contributed by atoms with van der Waals surface area (Å²) in [5, 5.41) is 9.89. The third kappa shape index (κ3) is 3.49. The molecule has 0 saturated carbocycles. The van der Waals surface area contributed by atoms with Gasteiger partial charge in [-0.15, -0.1) is 0 Å². The van der Waals surface area contributed by atoms with E-state index in [1.165, 1.54) is 0 Å². The Labute approximate surface area is 130 Å². The normalized spacial score (nSPS) is 10.3. The highest BCUT2D eigenvalue weighted by atomic mass is 79.9. The van der Waals surface area contributed by atoms with Crippen LogP contribution in [0.2, 0.25) is 5.02 Å². The minimum atomic E-state index is -1.01. The molecule has 1 aromatic carbocycles. The van der Waals surface area contributed by atoms with Crippen molar-refractivity contribution in [1.29, 1.82) is 0 Å². The van der Waals surface area contributed by atoms with Crippen molar-refractivity contribution in [2.75, 3.05) is 11.9 Å².